The van der Waals surface area contributed by atoms with Crippen LogP contribution in [0.25, 0.3) is 10.2 Å². The van der Waals surface area contributed by atoms with Crippen molar-refractivity contribution in [3.05, 3.63) is 41.4 Å². The topological polar surface area (TPSA) is 66.9 Å². The van der Waals surface area contributed by atoms with Crippen molar-refractivity contribution >= 4 is 56.0 Å². The number of fused-ring (bicyclic) bond motifs is 1. The number of nitrogens with one attached hydrogen (secondary N) is 1. The molecular weight excluding hydrogens is 492 g/mol. The minimum atomic E-state index is 0.0963. The molecular formula is C24H29ClN4O3S2. The Bertz CT molecular complexity index is 1100. The summed E-state index contributed by atoms with van der Waals surface area (Å²) in [6.45, 7) is 5.23. The predicted octanol–water partition coefficient (Wildman–Crippen LogP) is 4.39. The van der Waals surface area contributed by atoms with Crippen molar-refractivity contribution in [3.63, 3.8) is 0 Å². The lowest BCUT2D eigenvalue weighted by Crippen LogP contribution is -2.48. The second-order valence-corrected chi connectivity index (χ2v) is 10.5. The zero-order valence-corrected chi connectivity index (χ0v) is 21.8. The van der Waals surface area contributed by atoms with Gasteiger partial charge in [0.1, 0.15) is 5.52 Å². The van der Waals surface area contributed by atoms with Crippen molar-refractivity contribution < 1.29 is 14.3 Å². The molecule has 0 radical (unpaired) electrons. The number of aromatic nitrogens is 1. The predicted molar refractivity (Wildman–Crippen MR) is 141 cm³/mol. The molecule has 0 unspecified atom stereocenters. The van der Waals surface area contributed by atoms with Gasteiger partial charge >= 0.3 is 0 Å². The summed E-state index contributed by atoms with van der Waals surface area (Å²) in [4.78, 5) is 22.8. The van der Waals surface area contributed by atoms with E-state index in [1.165, 1.54) is 0 Å². The van der Waals surface area contributed by atoms with E-state index in [1.807, 2.05) is 36.4 Å². The zero-order valence-electron chi connectivity index (χ0n) is 19.4. The lowest BCUT2D eigenvalue weighted by Gasteiger charge is -2.34. The number of hydrogen-bond acceptors (Lipinski definition) is 8. The number of piperazine rings is 1. The third-order valence-corrected chi connectivity index (χ3v) is 8.04. The van der Waals surface area contributed by atoms with Crippen molar-refractivity contribution in [2.24, 2.45) is 0 Å². The third-order valence-electron chi connectivity index (χ3n) is 5.70. The molecule has 0 aliphatic carbocycles. The van der Waals surface area contributed by atoms with Crippen LogP contribution in [0.4, 0.5) is 5.13 Å². The molecule has 2 aromatic carbocycles. The molecule has 1 N–H and O–H groups in total. The third kappa shape index (κ3) is 6.27. The molecule has 0 atom stereocenters. The van der Waals surface area contributed by atoms with Gasteiger partial charge in [0.2, 0.25) is 5.91 Å². The standard InChI is InChI=1S/C24H29ClN4O3S2/c1-31-19-7-8-20-22(23(19)32-2)27-24(34-20)29-14-12-28(13-15-29)11-10-26-21(30)9-16-33-18-5-3-17(25)4-6-18/h3-8H,9-16H2,1-2H3,(H,26,30). The Morgan fingerprint density at radius 2 is 1.88 bits per heavy atom. The van der Waals surface area contributed by atoms with Crippen LogP contribution in [0.1, 0.15) is 6.42 Å². The lowest BCUT2D eigenvalue weighted by atomic mass is 10.3. The Kier molecular flexibility index (Phi) is 8.77. The number of hydrogen-bond donors (Lipinski definition) is 1. The molecule has 3 aromatic rings. The lowest BCUT2D eigenvalue weighted by molar-refractivity contribution is -0.120. The fourth-order valence-corrected chi connectivity index (χ4v) is 5.82. The Hall–Kier alpha value is -2.20. The highest BCUT2D eigenvalue weighted by molar-refractivity contribution is 7.99. The van der Waals surface area contributed by atoms with Crippen molar-refractivity contribution in [1.29, 1.82) is 0 Å². The van der Waals surface area contributed by atoms with Gasteiger partial charge in [0.15, 0.2) is 16.6 Å². The second kappa shape index (κ2) is 12.0. The van der Waals surface area contributed by atoms with Gasteiger partial charge in [-0.05, 0) is 36.4 Å². The molecule has 4 rings (SSSR count). The number of methoxy groups -OCH3 is 2. The molecule has 0 bridgehead atoms. The first-order valence-corrected chi connectivity index (χ1v) is 13.4. The monoisotopic (exact) mass is 520 g/mol. The summed E-state index contributed by atoms with van der Waals surface area (Å²) in [6, 6.07) is 11.7. The summed E-state index contributed by atoms with van der Waals surface area (Å²) >= 11 is 9.25. The van der Waals surface area contributed by atoms with Gasteiger partial charge in [0.25, 0.3) is 0 Å². The number of carbonyl (C=O) groups is 1. The summed E-state index contributed by atoms with van der Waals surface area (Å²) in [6.07, 6.45) is 0.507. The van der Waals surface area contributed by atoms with Gasteiger partial charge in [-0.2, -0.15) is 0 Å². The van der Waals surface area contributed by atoms with Gasteiger partial charge in [-0.25, -0.2) is 4.98 Å². The Labute approximate surface area is 213 Å². The van der Waals surface area contributed by atoms with Crippen LogP contribution in [0.3, 0.4) is 0 Å². The van der Waals surface area contributed by atoms with Gasteiger partial charge in [-0.15, -0.1) is 11.8 Å². The van der Waals surface area contributed by atoms with Crippen LogP contribution in [0, 0.1) is 0 Å². The Balaban J connectivity index is 1.18. The molecule has 34 heavy (non-hydrogen) atoms. The van der Waals surface area contributed by atoms with E-state index >= 15 is 0 Å². The van der Waals surface area contributed by atoms with Gasteiger partial charge in [-0.3, -0.25) is 9.69 Å². The highest BCUT2D eigenvalue weighted by Crippen LogP contribution is 2.40. The fourth-order valence-electron chi connectivity index (χ4n) is 3.83. The number of benzene rings is 2. The number of thioether (sulfide) groups is 1. The normalized spacial score (nSPS) is 14.4. The van der Waals surface area contributed by atoms with Crippen molar-refractivity contribution in [2.45, 2.75) is 11.3 Å². The van der Waals surface area contributed by atoms with E-state index in [0.29, 0.717) is 24.5 Å². The molecule has 0 saturated carbocycles. The number of ether oxygens (including phenoxy) is 2. The van der Waals surface area contributed by atoms with Crippen LogP contribution < -0.4 is 19.7 Å². The van der Waals surface area contributed by atoms with Crippen LogP contribution >= 0.6 is 34.7 Å². The summed E-state index contributed by atoms with van der Waals surface area (Å²) in [7, 11) is 3.28. The molecule has 1 aliphatic rings. The number of carbonyl (C=O) groups excluding carboxylic acids is 1. The minimum absolute atomic E-state index is 0.0963. The quantitative estimate of drug-likeness (QED) is 0.398. The van der Waals surface area contributed by atoms with Crippen molar-refractivity contribution in [3.8, 4) is 11.5 Å². The molecule has 10 heteroatoms. The van der Waals surface area contributed by atoms with E-state index in [9.17, 15) is 4.79 Å². The van der Waals surface area contributed by atoms with E-state index < -0.39 is 0 Å². The molecule has 1 aliphatic heterocycles. The molecule has 182 valence electrons. The van der Waals surface area contributed by atoms with E-state index in [1.54, 1.807) is 37.3 Å². The van der Waals surface area contributed by atoms with E-state index in [0.717, 1.165) is 63.7 Å². The molecule has 1 amide bonds. The first-order valence-electron chi connectivity index (χ1n) is 11.2. The summed E-state index contributed by atoms with van der Waals surface area (Å²) in [5.41, 5.74) is 0.848. The maximum atomic E-state index is 12.2. The number of thiazole rings is 1. The first-order chi connectivity index (χ1) is 16.6. The number of nitrogens with zero attached hydrogens (tertiary/aromatic N) is 3. The smallest absolute Gasteiger partial charge is 0.220 e. The highest BCUT2D eigenvalue weighted by Gasteiger charge is 2.21. The number of halogens is 1. The summed E-state index contributed by atoms with van der Waals surface area (Å²) in [5, 5.41) is 4.78. The average molecular weight is 521 g/mol. The van der Waals surface area contributed by atoms with E-state index in [4.69, 9.17) is 26.1 Å². The SMILES string of the molecule is COc1ccc2sc(N3CCN(CCNC(=O)CCSc4ccc(Cl)cc4)CC3)nc2c1OC. The van der Waals surface area contributed by atoms with Crippen LogP contribution in [-0.2, 0) is 4.79 Å². The molecule has 1 fully saturated rings. The summed E-state index contributed by atoms with van der Waals surface area (Å²) in [5.74, 6) is 2.23. The van der Waals surface area contributed by atoms with E-state index in [2.05, 4.69) is 15.1 Å². The van der Waals surface area contributed by atoms with Gasteiger partial charge in [-0.1, -0.05) is 22.9 Å². The maximum absolute atomic E-state index is 12.2. The fraction of sp³-hybridized carbons (Fsp3) is 0.417. The number of amides is 1. The number of rotatable bonds is 10. The van der Waals surface area contributed by atoms with Gasteiger partial charge < -0.3 is 19.7 Å². The summed E-state index contributed by atoms with van der Waals surface area (Å²) < 4.78 is 12.0. The second-order valence-electron chi connectivity index (χ2n) is 7.88. The van der Waals surface area contributed by atoms with Gasteiger partial charge in [0.05, 0.1) is 18.9 Å². The van der Waals surface area contributed by atoms with Crippen molar-refractivity contribution in [1.82, 2.24) is 15.2 Å². The van der Waals surface area contributed by atoms with Gasteiger partial charge in [0, 0.05) is 61.4 Å². The number of anilines is 1. The molecule has 0 spiro atoms. The minimum Gasteiger partial charge on any atom is -0.493 e. The molecule has 1 aromatic heterocycles. The Morgan fingerprint density at radius 3 is 2.59 bits per heavy atom. The van der Waals surface area contributed by atoms with Crippen LogP contribution in [-0.4, -0.2) is 75.0 Å². The molecule has 2 heterocycles. The van der Waals surface area contributed by atoms with Crippen LogP contribution in [0.2, 0.25) is 5.02 Å². The zero-order chi connectivity index (χ0) is 23.9. The molecule has 7 nitrogen and oxygen atoms in total. The maximum Gasteiger partial charge on any atom is 0.220 e. The molecule has 1 saturated heterocycles. The Morgan fingerprint density at radius 1 is 1.12 bits per heavy atom. The highest BCUT2D eigenvalue weighted by atomic mass is 35.5. The van der Waals surface area contributed by atoms with Crippen LogP contribution in [0.15, 0.2) is 41.3 Å². The first kappa shape index (κ1) is 24.9. The largest absolute Gasteiger partial charge is 0.493 e. The van der Waals surface area contributed by atoms with Crippen LogP contribution in [0.5, 0.6) is 11.5 Å². The van der Waals surface area contributed by atoms with Crippen molar-refractivity contribution in [2.75, 3.05) is 64.1 Å². The van der Waals surface area contributed by atoms with E-state index in [-0.39, 0.29) is 5.91 Å². The average Bonchev–Trinajstić information content (AvgIpc) is 3.29.